The van der Waals surface area contributed by atoms with Crippen molar-refractivity contribution in [3.63, 3.8) is 0 Å². The maximum absolute atomic E-state index is 6.51. The summed E-state index contributed by atoms with van der Waals surface area (Å²) in [6.07, 6.45) is 2.38. The smallest absolute Gasteiger partial charge is 0.138 e. The van der Waals surface area contributed by atoms with Crippen LogP contribution in [-0.2, 0) is 17.7 Å². The molecule has 1 aromatic heterocycles. The molecule has 1 unspecified atom stereocenters. The summed E-state index contributed by atoms with van der Waals surface area (Å²) in [4.78, 5) is 6.82. The molecule has 6 heteroatoms. The molecule has 2 N–H and O–H groups in total. The standard InChI is InChI=1S/C15H29N5O/c1-12(2)10-20-14(17-11-18-20)9-13(16)15(3,4)19-5-7-21-8-6-19/h11-13H,5-10,16H2,1-4H3. The van der Waals surface area contributed by atoms with E-state index in [2.05, 4.69) is 42.7 Å². The molecule has 1 fully saturated rings. The Morgan fingerprint density at radius 3 is 2.62 bits per heavy atom. The maximum Gasteiger partial charge on any atom is 0.138 e. The quantitative estimate of drug-likeness (QED) is 0.845. The first-order valence-electron chi connectivity index (χ1n) is 7.86. The number of hydrogen-bond acceptors (Lipinski definition) is 5. The fourth-order valence-corrected chi connectivity index (χ4v) is 2.77. The van der Waals surface area contributed by atoms with E-state index in [0.29, 0.717) is 5.92 Å². The van der Waals surface area contributed by atoms with E-state index in [1.54, 1.807) is 6.33 Å². The van der Waals surface area contributed by atoms with Gasteiger partial charge in [-0.15, -0.1) is 0 Å². The number of nitrogens with zero attached hydrogens (tertiary/aromatic N) is 4. The second-order valence-corrected chi connectivity index (χ2v) is 6.82. The van der Waals surface area contributed by atoms with Crippen molar-refractivity contribution >= 4 is 0 Å². The van der Waals surface area contributed by atoms with Gasteiger partial charge in [-0.05, 0) is 19.8 Å². The molecule has 1 aliphatic heterocycles. The van der Waals surface area contributed by atoms with Gasteiger partial charge in [-0.1, -0.05) is 13.8 Å². The van der Waals surface area contributed by atoms with Gasteiger partial charge in [0.05, 0.1) is 13.2 Å². The molecule has 120 valence electrons. The van der Waals surface area contributed by atoms with Gasteiger partial charge >= 0.3 is 0 Å². The van der Waals surface area contributed by atoms with E-state index in [9.17, 15) is 0 Å². The van der Waals surface area contributed by atoms with Crippen molar-refractivity contribution in [1.82, 2.24) is 19.7 Å². The third-order valence-corrected chi connectivity index (χ3v) is 4.37. The van der Waals surface area contributed by atoms with E-state index in [0.717, 1.165) is 45.1 Å². The molecule has 2 rings (SSSR count). The van der Waals surface area contributed by atoms with Gasteiger partial charge in [0.2, 0.25) is 0 Å². The van der Waals surface area contributed by atoms with Gasteiger partial charge in [0.1, 0.15) is 12.2 Å². The number of nitrogens with two attached hydrogens (primary N) is 1. The Labute approximate surface area is 127 Å². The second kappa shape index (κ2) is 6.85. The van der Waals surface area contributed by atoms with Crippen LogP contribution >= 0.6 is 0 Å². The number of ether oxygens (including phenoxy) is 1. The summed E-state index contributed by atoms with van der Waals surface area (Å²) in [5.74, 6) is 1.53. The van der Waals surface area contributed by atoms with Crippen molar-refractivity contribution in [3.05, 3.63) is 12.2 Å². The van der Waals surface area contributed by atoms with Crippen molar-refractivity contribution in [1.29, 1.82) is 0 Å². The van der Waals surface area contributed by atoms with Crippen LogP contribution in [-0.4, -0.2) is 57.5 Å². The first-order valence-corrected chi connectivity index (χ1v) is 7.86. The molecule has 1 aromatic rings. The lowest BCUT2D eigenvalue weighted by Gasteiger charge is -2.44. The molecule has 0 spiro atoms. The third kappa shape index (κ3) is 4.02. The highest BCUT2D eigenvalue weighted by Gasteiger charge is 2.34. The Kier molecular flexibility index (Phi) is 5.35. The lowest BCUT2D eigenvalue weighted by Crippen LogP contribution is -2.59. The highest BCUT2D eigenvalue weighted by atomic mass is 16.5. The Bertz CT molecular complexity index is 437. The van der Waals surface area contributed by atoms with Crippen molar-refractivity contribution in [2.75, 3.05) is 26.3 Å². The molecule has 0 saturated carbocycles. The molecular formula is C15H29N5O. The van der Waals surface area contributed by atoms with Crippen LogP contribution in [0.4, 0.5) is 0 Å². The lowest BCUT2D eigenvalue weighted by molar-refractivity contribution is -0.0189. The van der Waals surface area contributed by atoms with Crippen molar-refractivity contribution < 1.29 is 4.74 Å². The average molecular weight is 295 g/mol. The molecule has 0 bridgehead atoms. The van der Waals surface area contributed by atoms with Crippen LogP contribution < -0.4 is 5.73 Å². The highest BCUT2D eigenvalue weighted by Crippen LogP contribution is 2.21. The molecule has 1 atom stereocenters. The summed E-state index contributed by atoms with van der Waals surface area (Å²) in [6.45, 7) is 13.2. The van der Waals surface area contributed by atoms with Crippen LogP contribution in [0.1, 0.15) is 33.5 Å². The normalized spacial score (nSPS) is 19.1. The van der Waals surface area contributed by atoms with Crippen molar-refractivity contribution in [3.8, 4) is 0 Å². The zero-order chi connectivity index (χ0) is 15.5. The van der Waals surface area contributed by atoms with Crippen LogP contribution in [0.15, 0.2) is 6.33 Å². The van der Waals surface area contributed by atoms with Gasteiger partial charge in [-0.2, -0.15) is 5.10 Å². The maximum atomic E-state index is 6.51. The Morgan fingerprint density at radius 2 is 2.00 bits per heavy atom. The van der Waals surface area contributed by atoms with Gasteiger partial charge in [0.25, 0.3) is 0 Å². The zero-order valence-corrected chi connectivity index (χ0v) is 13.7. The molecule has 0 radical (unpaired) electrons. The molecule has 1 saturated heterocycles. The first-order chi connectivity index (χ1) is 9.91. The topological polar surface area (TPSA) is 69.2 Å². The minimum atomic E-state index is -0.0710. The number of morpholine rings is 1. The van der Waals surface area contributed by atoms with Crippen molar-refractivity contribution in [2.45, 2.75) is 52.2 Å². The fraction of sp³-hybridized carbons (Fsp3) is 0.867. The molecule has 0 aliphatic carbocycles. The highest BCUT2D eigenvalue weighted by molar-refractivity contribution is 4.99. The molecule has 6 nitrogen and oxygen atoms in total. The summed E-state index contributed by atoms with van der Waals surface area (Å²) >= 11 is 0. The van der Waals surface area contributed by atoms with Crippen LogP contribution in [0.25, 0.3) is 0 Å². The van der Waals surface area contributed by atoms with E-state index >= 15 is 0 Å². The SMILES string of the molecule is CC(C)Cn1ncnc1CC(N)C(C)(C)N1CCOCC1. The van der Waals surface area contributed by atoms with Gasteiger partial charge < -0.3 is 10.5 Å². The molecule has 21 heavy (non-hydrogen) atoms. The predicted molar refractivity (Wildman–Crippen MR) is 83.0 cm³/mol. The minimum absolute atomic E-state index is 0.0192. The van der Waals surface area contributed by atoms with Gasteiger partial charge in [0.15, 0.2) is 0 Å². The summed E-state index contributed by atoms with van der Waals surface area (Å²) in [6, 6.07) is 0.0192. The largest absolute Gasteiger partial charge is 0.379 e. The summed E-state index contributed by atoms with van der Waals surface area (Å²) < 4.78 is 7.42. The molecule has 1 aliphatic rings. The number of rotatable bonds is 6. The van der Waals surface area contributed by atoms with Gasteiger partial charge in [-0.25, -0.2) is 9.67 Å². The van der Waals surface area contributed by atoms with Gasteiger partial charge in [0, 0.05) is 37.6 Å². The van der Waals surface area contributed by atoms with E-state index in [1.165, 1.54) is 0 Å². The number of hydrogen-bond donors (Lipinski definition) is 1. The zero-order valence-electron chi connectivity index (χ0n) is 13.7. The van der Waals surface area contributed by atoms with Crippen molar-refractivity contribution in [2.24, 2.45) is 11.7 Å². The van der Waals surface area contributed by atoms with E-state index in [1.807, 2.05) is 4.68 Å². The summed E-state index contributed by atoms with van der Waals surface area (Å²) in [7, 11) is 0. The van der Waals surface area contributed by atoms with E-state index < -0.39 is 0 Å². The molecule has 2 heterocycles. The Morgan fingerprint density at radius 1 is 1.33 bits per heavy atom. The molecule has 0 aromatic carbocycles. The van der Waals surface area contributed by atoms with Crippen LogP contribution in [0.2, 0.25) is 0 Å². The molecular weight excluding hydrogens is 266 g/mol. The monoisotopic (exact) mass is 295 g/mol. The van der Waals surface area contributed by atoms with Crippen LogP contribution in [0.3, 0.4) is 0 Å². The first kappa shape index (κ1) is 16.4. The minimum Gasteiger partial charge on any atom is -0.379 e. The lowest BCUT2D eigenvalue weighted by atomic mass is 9.90. The molecule has 0 amide bonds. The second-order valence-electron chi connectivity index (χ2n) is 6.82. The van der Waals surface area contributed by atoms with Gasteiger partial charge in [-0.3, -0.25) is 4.90 Å². The summed E-state index contributed by atoms with van der Waals surface area (Å²) in [5, 5.41) is 4.32. The van der Waals surface area contributed by atoms with Crippen LogP contribution in [0, 0.1) is 5.92 Å². The summed E-state index contributed by atoms with van der Waals surface area (Å²) in [5.41, 5.74) is 6.44. The van der Waals surface area contributed by atoms with Crippen LogP contribution in [0.5, 0.6) is 0 Å². The Hall–Kier alpha value is -0.980. The third-order valence-electron chi connectivity index (χ3n) is 4.37. The fourth-order valence-electron chi connectivity index (χ4n) is 2.77. The van der Waals surface area contributed by atoms with E-state index in [-0.39, 0.29) is 11.6 Å². The number of aromatic nitrogens is 3. The Balaban J connectivity index is 2.02. The predicted octanol–water partition coefficient (Wildman–Crippen LogP) is 0.915. The van der Waals surface area contributed by atoms with E-state index in [4.69, 9.17) is 10.5 Å². The average Bonchev–Trinajstić information content (AvgIpc) is 2.86.